The minimum absolute atomic E-state index is 0.105. The predicted molar refractivity (Wildman–Crippen MR) is 91.0 cm³/mol. The van der Waals surface area contributed by atoms with E-state index in [0.29, 0.717) is 31.5 Å². The molecule has 3 rings (SSSR count). The van der Waals surface area contributed by atoms with Crippen LogP contribution >= 0.6 is 11.3 Å². The van der Waals surface area contributed by atoms with Crippen LogP contribution in [0.1, 0.15) is 36.1 Å². The van der Waals surface area contributed by atoms with Gasteiger partial charge in [0.05, 0.1) is 25.3 Å². The van der Waals surface area contributed by atoms with Gasteiger partial charge >= 0.3 is 0 Å². The summed E-state index contributed by atoms with van der Waals surface area (Å²) < 4.78 is 5.14. The molecule has 0 bridgehead atoms. The quantitative estimate of drug-likeness (QED) is 0.706. The van der Waals surface area contributed by atoms with Gasteiger partial charge in [-0.1, -0.05) is 6.58 Å². The average molecular weight is 335 g/mol. The van der Waals surface area contributed by atoms with Crippen molar-refractivity contribution in [3.8, 4) is 0 Å². The predicted octanol–water partition coefficient (Wildman–Crippen LogP) is 2.96. The van der Waals surface area contributed by atoms with Crippen LogP contribution in [-0.2, 0) is 22.7 Å². The molecule has 2 aliphatic carbocycles. The Balaban J connectivity index is 1.71. The van der Waals surface area contributed by atoms with Gasteiger partial charge in [-0.25, -0.2) is 0 Å². The molecule has 0 unspecified atom stereocenters. The smallest absolute Gasteiger partial charge is 0.246 e. The van der Waals surface area contributed by atoms with Gasteiger partial charge in [-0.2, -0.15) is 0 Å². The van der Waals surface area contributed by atoms with Gasteiger partial charge < -0.3 is 14.7 Å². The van der Waals surface area contributed by atoms with Gasteiger partial charge in [0.2, 0.25) is 5.91 Å². The van der Waals surface area contributed by atoms with E-state index in [1.54, 1.807) is 23.3 Å². The Labute approximate surface area is 141 Å². The number of carbonyl (C=O) groups is 1. The fourth-order valence-corrected chi connectivity index (χ4v) is 4.23. The molecule has 5 heteroatoms. The molecule has 1 N–H and O–H groups in total. The van der Waals surface area contributed by atoms with Crippen LogP contribution in [0.25, 0.3) is 0 Å². The van der Waals surface area contributed by atoms with Crippen LogP contribution in [0.2, 0.25) is 0 Å². The summed E-state index contributed by atoms with van der Waals surface area (Å²) in [6.45, 7) is 5.15. The van der Waals surface area contributed by atoms with E-state index in [0.717, 1.165) is 36.1 Å². The van der Waals surface area contributed by atoms with E-state index >= 15 is 0 Å². The minimum atomic E-state index is -0.703. The standard InChI is InChI=1S/C18H25NO3S/c1-3-17(20)19(9-16-8-13(10-22-2)11-23-16)12-18(21,14-4-5-14)15-6-7-15/h3,8,11,14-15,21H,1,4-7,9-10,12H2,2H3. The van der Waals surface area contributed by atoms with Crippen molar-refractivity contribution in [2.75, 3.05) is 13.7 Å². The van der Waals surface area contributed by atoms with Gasteiger partial charge in [0.15, 0.2) is 0 Å². The maximum Gasteiger partial charge on any atom is 0.246 e. The van der Waals surface area contributed by atoms with Crippen molar-refractivity contribution >= 4 is 17.2 Å². The third-order valence-corrected chi connectivity index (χ3v) is 5.84. The maximum atomic E-state index is 12.3. The lowest BCUT2D eigenvalue weighted by Gasteiger charge is -2.34. The Bertz CT molecular complexity index is 563. The van der Waals surface area contributed by atoms with Crippen molar-refractivity contribution < 1.29 is 14.6 Å². The molecule has 1 amide bonds. The Morgan fingerprint density at radius 1 is 1.48 bits per heavy atom. The fourth-order valence-electron chi connectivity index (χ4n) is 3.34. The average Bonchev–Trinajstić information content (AvgIpc) is 3.44. The molecule has 23 heavy (non-hydrogen) atoms. The highest BCUT2D eigenvalue weighted by atomic mass is 32.1. The van der Waals surface area contributed by atoms with E-state index < -0.39 is 5.60 Å². The molecule has 2 fully saturated rings. The molecule has 1 aromatic heterocycles. The second-order valence-corrected chi connectivity index (χ2v) is 7.79. The van der Waals surface area contributed by atoms with E-state index in [-0.39, 0.29) is 5.91 Å². The first-order valence-corrected chi connectivity index (χ1v) is 9.13. The molecule has 0 saturated heterocycles. The third kappa shape index (κ3) is 3.84. The lowest BCUT2D eigenvalue weighted by Crippen LogP contribution is -2.48. The Morgan fingerprint density at radius 3 is 2.65 bits per heavy atom. The Morgan fingerprint density at radius 2 is 2.13 bits per heavy atom. The van der Waals surface area contributed by atoms with Crippen molar-refractivity contribution in [1.82, 2.24) is 4.90 Å². The fraction of sp³-hybridized carbons (Fsp3) is 0.611. The molecular weight excluding hydrogens is 310 g/mol. The summed E-state index contributed by atoms with van der Waals surface area (Å²) in [6.07, 6.45) is 5.68. The summed E-state index contributed by atoms with van der Waals surface area (Å²) in [4.78, 5) is 15.2. The molecule has 0 aliphatic heterocycles. The second kappa shape index (κ2) is 6.75. The first kappa shape index (κ1) is 16.7. The van der Waals surface area contributed by atoms with Crippen LogP contribution in [0.4, 0.5) is 0 Å². The number of ether oxygens (including phenoxy) is 1. The minimum Gasteiger partial charge on any atom is -0.387 e. The molecule has 2 saturated carbocycles. The van der Waals surface area contributed by atoms with Crippen LogP contribution in [-0.4, -0.2) is 35.2 Å². The highest BCUT2D eigenvalue weighted by Gasteiger charge is 2.54. The molecule has 4 nitrogen and oxygen atoms in total. The molecule has 2 aliphatic rings. The van der Waals surface area contributed by atoms with Gasteiger partial charge in [-0.3, -0.25) is 4.79 Å². The number of methoxy groups -OCH3 is 1. The van der Waals surface area contributed by atoms with Gasteiger partial charge in [0.1, 0.15) is 0 Å². The van der Waals surface area contributed by atoms with Crippen LogP contribution in [0, 0.1) is 11.8 Å². The number of aliphatic hydroxyl groups is 1. The van der Waals surface area contributed by atoms with Crippen molar-refractivity contribution in [2.24, 2.45) is 11.8 Å². The first-order chi connectivity index (χ1) is 11.1. The van der Waals surface area contributed by atoms with E-state index in [1.807, 2.05) is 0 Å². The molecular formula is C18H25NO3S. The highest BCUT2D eigenvalue weighted by Crippen LogP contribution is 2.52. The summed E-state index contributed by atoms with van der Waals surface area (Å²) in [5.41, 5.74) is 0.420. The summed E-state index contributed by atoms with van der Waals surface area (Å²) >= 11 is 1.63. The van der Waals surface area contributed by atoms with Crippen molar-refractivity contribution in [1.29, 1.82) is 0 Å². The van der Waals surface area contributed by atoms with Crippen LogP contribution in [0.5, 0.6) is 0 Å². The van der Waals surface area contributed by atoms with E-state index in [9.17, 15) is 9.90 Å². The van der Waals surface area contributed by atoms with Crippen molar-refractivity contribution in [3.63, 3.8) is 0 Å². The number of amides is 1. The van der Waals surface area contributed by atoms with Crippen molar-refractivity contribution in [2.45, 2.75) is 44.4 Å². The normalized spacial score (nSPS) is 18.0. The lowest BCUT2D eigenvalue weighted by molar-refractivity contribution is -0.132. The molecule has 0 spiro atoms. The number of nitrogens with zero attached hydrogens (tertiary/aromatic N) is 1. The molecule has 0 radical (unpaired) electrons. The van der Waals surface area contributed by atoms with Gasteiger partial charge in [0.25, 0.3) is 0 Å². The molecule has 1 aromatic rings. The highest BCUT2D eigenvalue weighted by molar-refractivity contribution is 7.10. The zero-order chi connectivity index (χ0) is 16.4. The lowest BCUT2D eigenvalue weighted by atomic mass is 9.91. The number of hydrogen-bond donors (Lipinski definition) is 1. The van der Waals surface area contributed by atoms with E-state index in [2.05, 4.69) is 18.0 Å². The molecule has 1 heterocycles. The monoisotopic (exact) mass is 335 g/mol. The van der Waals surface area contributed by atoms with Gasteiger partial charge in [-0.15, -0.1) is 11.3 Å². The number of thiophene rings is 1. The van der Waals surface area contributed by atoms with Crippen LogP contribution in [0.15, 0.2) is 24.1 Å². The third-order valence-electron chi connectivity index (χ3n) is 4.86. The Kier molecular flexibility index (Phi) is 4.90. The topological polar surface area (TPSA) is 49.8 Å². The molecule has 0 aromatic carbocycles. The zero-order valence-electron chi connectivity index (χ0n) is 13.7. The largest absolute Gasteiger partial charge is 0.387 e. The van der Waals surface area contributed by atoms with Crippen molar-refractivity contribution in [3.05, 3.63) is 34.5 Å². The number of carbonyl (C=O) groups excluding carboxylic acids is 1. The first-order valence-electron chi connectivity index (χ1n) is 8.25. The Hall–Kier alpha value is -1.17. The second-order valence-electron chi connectivity index (χ2n) is 6.79. The number of rotatable bonds is 9. The summed E-state index contributed by atoms with van der Waals surface area (Å²) in [5.74, 6) is 0.622. The summed E-state index contributed by atoms with van der Waals surface area (Å²) in [5, 5.41) is 13.2. The number of hydrogen-bond acceptors (Lipinski definition) is 4. The molecule has 126 valence electrons. The molecule has 0 atom stereocenters. The summed E-state index contributed by atoms with van der Waals surface area (Å²) in [7, 11) is 1.68. The van der Waals surface area contributed by atoms with Crippen LogP contribution < -0.4 is 0 Å². The zero-order valence-corrected chi connectivity index (χ0v) is 14.5. The van der Waals surface area contributed by atoms with E-state index in [1.165, 1.54) is 6.08 Å². The van der Waals surface area contributed by atoms with Gasteiger partial charge in [-0.05, 0) is 60.6 Å². The van der Waals surface area contributed by atoms with Crippen LogP contribution in [0.3, 0.4) is 0 Å². The summed E-state index contributed by atoms with van der Waals surface area (Å²) in [6, 6.07) is 2.07. The van der Waals surface area contributed by atoms with E-state index in [4.69, 9.17) is 4.74 Å². The SMILES string of the molecule is C=CC(=O)N(Cc1cc(COC)cs1)CC(O)(C1CC1)C1CC1. The van der Waals surface area contributed by atoms with Gasteiger partial charge in [0, 0.05) is 12.0 Å². The maximum absolute atomic E-state index is 12.3.